The van der Waals surface area contributed by atoms with Crippen molar-refractivity contribution in [1.29, 1.82) is 0 Å². The number of ether oxygens (including phenoxy) is 1. The lowest BCUT2D eigenvalue weighted by Gasteiger charge is -2.46. The average Bonchev–Trinajstić information content (AvgIpc) is 2.56. The van der Waals surface area contributed by atoms with Crippen LogP contribution in [0, 0.1) is 0 Å². The molecule has 1 aromatic carbocycles. The smallest absolute Gasteiger partial charge is 0.322 e. The van der Waals surface area contributed by atoms with Crippen LogP contribution in [0.2, 0.25) is 0 Å². The first-order valence-corrected chi connectivity index (χ1v) is 9.80. The van der Waals surface area contributed by atoms with Crippen LogP contribution >= 0.6 is 0 Å². The molecule has 2 amide bonds. The number of urea groups is 1. The maximum atomic E-state index is 13.1. The van der Waals surface area contributed by atoms with Gasteiger partial charge in [0.25, 0.3) is 0 Å². The van der Waals surface area contributed by atoms with Gasteiger partial charge in [-0.15, -0.1) is 0 Å². The highest BCUT2D eigenvalue weighted by Crippen LogP contribution is 2.44. The van der Waals surface area contributed by atoms with Crippen molar-refractivity contribution in [2.75, 3.05) is 11.5 Å². The summed E-state index contributed by atoms with van der Waals surface area (Å²) in [7, 11) is 0. The molecule has 0 aromatic heterocycles. The van der Waals surface area contributed by atoms with Crippen molar-refractivity contribution < 1.29 is 9.53 Å². The van der Waals surface area contributed by atoms with Gasteiger partial charge in [0.05, 0.1) is 6.61 Å². The molecule has 0 saturated heterocycles. The van der Waals surface area contributed by atoms with E-state index in [0.29, 0.717) is 18.6 Å². The Bertz CT molecular complexity index is 620. The van der Waals surface area contributed by atoms with Gasteiger partial charge in [-0.2, -0.15) is 0 Å². The maximum absolute atomic E-state index is 13.1. The third-order valence-electron chi connectivity index (χ3n) is 5.63. The lowest BCUT2D eigenvalue weighted by Crippen LogP contribution is -2.57. The fourth-order valence-corrected chi connectivity index (χ4v) is 4.53. The third kappa shape index (κ3) is 3.78. The van der Waals surface area contributed by atoms with Crippen LogP contribution < -0.4 is 15.0 Å². The summed E-state index contributed by atoms with van der Waals surface area (Å²) in [4.78, 5) is 15.1. The highest BCUT2D eigenvalue weighted by Gasteiger charge is 2.40. The topological polar surface area (TPSA) is 41.6 Å². The zero-order valence-electron chi connectivity index (χ0n) is 16.1. The van der Waals surface area contributed by atoms with Crippen LogP contribution in [-0.4, -0.2) is 24.2 Å². The summed E-state index contributed by atoms with van der Waals surface area (Å²) in [6.45, 7) is 9.24. The van der Waals surface area contributed by atoms with Gasteiger partial charge in [-0.3, -0.25) is 4.90 Å². The van der Waals surface area contributed by atoms with Gasteiger partial charge in [0, 0.05) is 17.3 Å². The normalized spacial score (nSPS) is 23.0. The minimum atomic E-state index is -0.196. The van der Waals surface area contributed by atoms with Crippen LogP contribution in [0.15, 0.2) is 18.2 Å². The first-order valence-electron chi connectivity index (χ1n) is 9.80. The molecule has 1 aromatic rings. The van der Waals surface area contributed by atoms with Crippen LogP contribution in [0.1, 0.15) is 77.7 Å². The van der Waals surface area contributed by atoms with Gasteiger partial charge >= 0.3 is 6.03 Å². The molecular formula is C21H32N2O2. The van der Waals surface area contributed by atoms with E-state index in [-0.39, 0.29) is 11.6 Å². The molecule has 0 radical (unpaired) electrons. The predicted octanol–water partition coefficient (Wildman–Crippen LogP) is 5.22. The highest BCUT2D eigenvalue weighted by molar-refractivity contribution is 5.95. The standard InChI is InChI=1S/C21H32N2O2/c1-5-25-17-11-12-19-18(13-17)15(2)14-21(3,4)23(19)20(24)22-16-9-7-6-8-10-16/h11-13,15-16H,5-10,14H2,1-4H3,(H,22,24)/t15-/m1/s1. The Morgan fingerprint density at radius 1 is 1.28 bits per heavy atom. The number of amides is 2. The van der Waals surface area contributed by atoms with Crippen LogP contribution in [0.4, 0.5) is 10.5 Å². The number of rotatable bonds is 3. The molecule has 0 spiro atoms. The number of fused-ring (bicyclic) bond motifs is 1. The highest BCUT2D eigenvalue weighted by atomic mass is 16.5. The number of nitrogens with one attached hydrogen (secondary N) is 1. The van der Waals surface area contributed by atoms with E-state index in [2.05, 4.69) is 38.2 Å². The molecule has 25 heavy (non-hydrogen) atoms. The Morgan fingerprint density at radius 3 is 2.68 bits per heavy atom. The van der Waals surface area contributed by atoms with E-state index in [1.807, 2.05) is 17.9 Å². The van der Waals surface area contributed by atoms with Gasteiger partial charge in [0.15, 0.2) is 0 Å². The molecule has 1 N–H and O–H groups in total. The van der Waals surface area contributed by atoms with Gasteiger partial charge in [-0.25, -0.2) is 4.79 Å². The number of nitrogens with zero attached hydrogens (tertiary/aromatic N) is 1. The molecule has 138 valence electrons. The second-order valence-corrected chi connectivity index (χ2v) is 8.19. The van der Waals surface area contributed by atoms with Gasteiger partial charge in [0.1, 0.15) is 5.75 Å². The average molecular weight is 344 g/mol. The number of carbonyl (C=O) groups excluding carboxylic acids is 1. The Kier molecular flexibility index (Phi) is 5.26. The molecule has 0 unspecified atom stereocenters. The Morgan fingerprint density at radius 2 is 2.00 bits per heavy atom. The summed E-state index contributed by atoms with van der Waals surface area (Å²) in [6, 6.07) is 6.52. The van der Waals surface area contributed by atoms with Crippen molar-refractivity contribution in [1.82, 2.24) is 5.32 Å². The molecule has 1 heterocycles. The van der Waals surface area contributed by atoms with Gasteiger partial charge in [-0.05, 0) is 69.7 Å². The van der Waals surface area contributed by atoms with E-state index in [9.17, 15) is 4.79 Å². The minimum Gasteiger partial charge on any atom is -0.494 e. The van der Waals surface area contributed by atoms with Crippen LogP contribution in [0.25, 0.3) is 0 Å². The number of carbonyl (C=O) groups is 1. The number of benzene rings is 1. The molecule has 1 fully saturated rings. The fourth-order valence-electron chi connectivity index (χ4n) is 4.53. The molecule has 1 aliphatic carbocycles. The first-order chi connectivity index (χ1) is 11.9. The summed E-state index contributed by atoms with van der Waals surface area (Å²) < 4.78 is 5.67. The number of anilines is 1. The lowest BCUT2D eigenvalue weighted by atomic mass is 9.80. The van der Waals surface area contributed by atoms with E-state index in [1.165, 1.54) is 24.8 Å². The summed E-state index contributed by atoms with van der Waals surface area (Å²) in [6.07, 6.45) is 6.90. The Balaban J connectivity index is 1.88. The molecule has 1 atom stereocenters. The summed E-state index contributed by atoms with van der Waals surface area (Å²) in [5.41, 5.74) is 2.04. The largest absolute Gasteiger partial charge is 0.494 e. The van der Waals surface area contributed by atoms with Crippen LogP contribution in [0.5, 0.6) is 5.75 Å². The summed E-state index contributed by atoms with van der Waals surface area (Å²) in [5.74, 6) is 1.30. The molecule has 4 nitrogen and oxygen atoms in total. The zero-order valence-corrected chi connectivity index (χ0v) is 16.1. The SMILES string of the molecule is CCOc1ccc2c(c1)[C@H](C)CC(C)(C)N2C(=O)NC1CCCCC1. The molecule has 1 aliphatic heterocycles. The monoisotopic (exact) mass is 344 g/mol. The van der Waals surface area contributed by atoms with Crippen molar-refractivity contribution in [3.8, 4) is 5.75 Å². The number of hydrogen-bond donors (Lipinski definition) is 1. The van der Waals surface area contributed by atoms with Crippen molar-refractivity contribution in [2.24, 2.45) is 0 Å². The second-order valence-electron chi connectivity index (χ2n) is 8.19. The van der Waals surface area contributed by atoms with E-state index in [1.54, 1.807) is 0 Å². The van der Waals surface area contributed by atoms with E-state index in [4.69, 9.17) is 4.74 Å². The molecule has 0 bridgehead atoms. The van der Waals surface area contributed by atoms with Crippen LogP contribution in [-0.2, 0) is 0 Å². The van der Waals surface area contributed by atoms with Gasteiger partial charge in [0.2, 0.25) is 0 Å². The molecule has 4 heteroatoms. The summed E-state index contributed by atoms with van der Waals surface area (Å²) >= 11 is 0. The van der Waals surface area contributed by atoms with Crippen LogP contribution in [0.3, 0.4) is 0 Å². The Labute approximate surface area is 151 Å². The van der Waals surface area contributed by atoms with E-state index < -0.39 is 0 Å². The van der Waals surface area contributed by atoms with E-state index in [0.717, 1.165) is 30.7 Å². The summed E-state index contributed by atoms with van der Waals surface area (Å²) in [5, 5.41) is 3.30. The lowest BCUT2D eigenvalue weighted by molar-refractivity contribution is 0.228. The fraction of sp³-hybridized carbons (Fsp3) is 0.667. The zero-order chi connectivity index (χ0) is 18.0. The quantitative estimate of drug-likeness (QED) is 0.817. The predicted molar refractivity (Wildman–Crippen MR) is 103 cm³/mol. The molecule has 3 rings (SSSR count). The van der Waals surface area contributed by atoms with Crippen molar-refractivity contribution in [2.45, 2.75) is 83.7 Å². The van der Waals surface area contributed by atoms with Crippen molar-refractivity contribution in [3.63, 3.8) is 0 Å². The van der Waals surface area contributed by atoms with Gasteiger partial charge in [-0.1, -0.05) is 26.2 Å². The molecular weight excluding hydrogens is 312 g/mol. The molecule has 1 saturated carbocycles. The minimum absolute atomic E-state index is 0.0502. The van der Waals surface area contributed by atoms with Crippen molar-refractivity contribution >= 4 is 11.7 Å². The van der Waals surface area contributed by atoms with Crippen molar-refractivity contribution in [3.05, 3.63) is 23.8 Å². The maximum Gasteiger partial charge on any atom is 0.322 e. The van der Waals surface area contributed by atoms with Gasteiger partial charge < -0.3 is 10.1 Å². The molecule has 2 aliphatic rings. The third-order valence-corrected chi connectivity index (χ3v) is 5.63. The Hall–Kier alpha value is -1.71. The first kappa shape index (κ1) is 18.1. The van der Waals surface area contributed by atoms with E-state index >= 15 is 0 Å². The second kappa shape index (κ2) is 7.27. The number of hydrogen-bond acceptors (Lipinski definition) is 2.